The Morgan fingerprint density at radius 1 is 1.55 bits per heavy atom. The molecule has 1 aromatic heterocycles. The first kappa shape index (κ1) is 8.01. The van der Waals surface area contributed by atoms with Crippen LogP contribution in [-0.2, 0) is 11.3 Å². The van der Waals surface area contributed by atoms with E-state index in [1.165, 1.54) is 0 Å². The number of hydrogen-bond acceptors (Lipinski definition) is 3. The average Bonchev–Trinajstić information content (AvgIpc) is 2.06. The van der Waals surface area contributed by atoms with Gasteiger partial charge in [-0.25, -0.2) is 0 Å². The molecule has 0 aromatic carbocycles. The summed E-state index contributed by atoms with van der Waals surface area (Å²) >= 11 is 0. The molecule has 0 saturated carbocycles. The summed E-state index contributed by atoms with van der Waals surface area (Å²) in [6, 6.07) is 4.61. The molecule has 0 amide bonds. The van der Waals surface area contributed by atoms with Gasteiger partial charge in [-0.15, -0.1) is 0 Å². The molecule has 0 unspecified atom stereocenters. The minimum atomic E-state index is 0.459. The van der Waals surface area contributed by atoms with Crippen molar-refractivity contribution in [2.24, 2.45) is 0 Å². The molecular formula is C8H10NO2. The van der Waals surface area contributed by atoms with Crippen molar-refractivity contribution in [2.75, 3.05) is 14.2 Å². The van der Waals surface area contributed by atoms with Gasteiger partial charge in [-0.05, 0) is 6.07 Å². The fourth-order valence-corrected chi connectivity index (χ4v) is 0.798. The SMILES string of the molecule is COCc1ncc[c]c1OC. The lowest BCUT2D eigenvalue weighted by Crippen LogP contribution is -1.96. The topological polar surface area (TPSA) is 31.4 Å². The van der Waals surface area contributed by atoms with Crippen molar-refractivity contribution in [3.05, 3.63) is 24.0 Å². The second-order valence-electron chi connectivity index (χ2n) is 2.00. The predicted octanol–water partition coefficient (Wildman–Crippen LogP) is 1.04. The largest absolute Gasteiger partial charge is 0.494 e. The van der Waals surface area contributed by atoms with Gasteiger partial charge in [0, 0.05) is 19.4 Å². The van der Waals surface area contributed by atoms with Gasteiger partial charge in [0.2, 0.25) is 0 Å². The van der Waals surface area contributed by atoms with Crippen molar-refractivity contribution < 1.29 is 9.47 Å². The Kier molecular flexibility index (Phi) is 2.86. The van der Waals surface area contributed by atoms with E-state index in [0.29, 0.717) is 12.4 Å². The summed E-state index contributed by atoms with van der Waals surface area (Å²) in [6.45, 7) is 0.459. The van der Waals surface area contributed by atoms with Crippen LogP contribution in [0.1, 0.15) is 5.69 Å². The third-order valence-corrected chi connectivity index (χ3v) is 1.27. The highest BCUT2D eigenvalue weighted by molar-refractivity contribution is 5.24. The molecule has 1 radical (unpaired) electrons. The van der Waals surface area contributed by atoms with Gasteiger partial charge in [0.1, 0.15) is 5.69 Å². The van der Waals surface area contributed by atoms with E-state index < -0.39 is 0 Å². The molecule has 0 spiro atoms. The van der Waals surface area contributed by atoms with E-state index in [9.17, 15) is 0 Å². The van der Waals surface area contributed by atoms with Gasteiger partial charge in [-0.2, -0.15) is 0 Å². The second kappa shape index (κ2) is 3.93. The third-order valence-electron chi connectivity index (χ3n) is 1.27. The van der Waals surface area contributed by atoms with Crippen LogP contribution in [0.2, 0.25) is 0 Å². The highest BCUT2D eigenvalue weighted by atomic mass is 16.5. The molecule has 59 valence electrons. The minimum Gasteiger partial charge on any atom is -0.494 e. The normalized spacial score (nSPS) is 9.64. The second-order valence-corrected chi connectivity index (χ2v) is 2.00. The van der Waals surface area contributed by atoms with E-state index in [0.717, 1.165) is 5.69 Å². The standard InChI is InChI=1S/C8H10NO2/c1-10-6-7-8(11-2)4-3-5-9-7/h3,5H,6H2,1-2H3. The molecule has 3 heteroatoms. The summed E-state index contributed by atoms with van der Waals surface area (Å²) in [6.07, 6.45) is 1.66. The maximum absolute atomic E-state index is 5.00. The fourth-order valence-electron chi connectivity index (χ4n) is 0.798. The van der Waals surface area contributed by atoms with Gasteiger partial charge in [0.25, 0.3) is 0 Å². The first-order valence-corrected chi connectivity index (χ1v) is 3.27. The molecule has 11 heavy (non-hydrogen) atoms. The zero-order valence-electron chi connectivity index (χ0n) is 6.63. The number of aromatic nitrogens is 1. The number of hydrogen-bond donors (Lipinski definition) is 0. The van der Waals surface area contributed by atoms with Gasteiger partial charge in [0.05, 0.1) is 13.7 Å². The molecule has 0 aliphatic carbocycles. The monoisotopic (exact) mass is 152 g/mol. The van der Waals surface area contributed by atoms with Crippen molar-refractivity contribution in [2.45, 2.75) is 6.61 Å². The van der Waals surface area contributed by atoms with Crippen molar-refractivity contribution in [3.63, 3.8) is 0 Å². The number of nitrogens with zero attached hydrogens (tertiary/aromatic N) is 1. The lowest BCUT2D eigenvalue weighted by molar-refractivity contribution is 0.178. The number of rotatable bonds is 3. The van der Waals surface area contributed by atoms with Gasteiger partial charge >= 0.3 is 0 Å². The van der Waals surface area contributed by atoms with Crippen molar-refractivity contribution in [1.82, 2.24) is 4.98 Å². The van der Waals surface area contributed by atoms with Crippen LogP contribution in [0.15, 0.2) is 12.3 Å². The number of ether oxygens (including phenoxy) is 2. The van der Waals surface area contributed by atoms with Crippen LogP contribution in [0.4, 0.5) is 0 Å². The van der Waals surface area contributed by atoms with Crippen molar-refractivity contribution >= 4 is 0 Å². The average molecular weight is 152 g/mol. The molecular weight excluding hydrogens is 142 g/mol. The molecule has 0 fully saturated rings. The summed E-state index contributed by atoms with van der Waals surface area (Å²) in [5.41, 5.74) is 0.775. The maximum Gasteiger partial charge on any atom is 0.150 e. The minimum absolute atomic E-state index is 0.459. The van der Waals surface area contributed by atoms with Gasteiger partial charge < -0.3 is 9.47 Å². The Hall–Kier alpha value is -1.09. The lowest BCUT2D eigenvalue weighted by atomic mass is 10.3. The first-order valence-electron chi connectivity index (χ1n) is 3.27. The summed E-state index contributed by atoms with van der Waals surface area (Å²) in [5.74, 6) is 0.648. The number of pyridine rings is 1. The van der Waals surface area contributed by atoms with Crippen LogP contribution in [0.25, 0.3) is 0 Å². The Balaban J connectivity index is 2.83. The molecule has 1 rings (SSSR count). The molecule has 0 saturated heterocycles. The zero-order valence-corrected chi connectivity index (χ0v) is 6.63. The molecule has 1 aromatic rings. The lowest BCUT2D eigenvalue weighted by Gasteiger charge is -2.03. The van der Waals surface area contributed by atoms with E-state index in [4.69, 9.17) is 9.47 Å². The molecule has 3 nitrogen and oxygen atoms in total. The molecule has 1 heterocycles. The Labute approximate surface area is 66.0 Å². The van der Waals surface area contributed by atoms with Gasteiger partial charge in [0.15, 0.2) is 5.75 Å². The van der Waals surface area contributed by atoms with Gasteiger partial charge in [-0.1, -0.05) is 0 Å². The van der Waals surface area contributed by atoms with Crippen molar-refractivity contribution in [1.29, 1.82) is 0 Å². The molecule has 0 bridgehead atoms. The predicted molar refractivity (Wildman–Crippen MR) is 40.3 cm³/mol. The van der Waals surface area contributed by atoms with Crippen LogP contribution in [-0.4, -0.2) is 19.2 Å². The van der Waals surface area contributed by atoms with Crippen LogP contribution in [0, 0.1) is 6.07 Å². The maximum atomic E-state index is 5.00. The Morgan fingerprint density at radius 3 is 3.00 bits per heavy atom. The van der Waals surface area contributed by atoms with E-state index in [-0.39, 0.29) is 0 Å². The molecule has 0 aliphatic heterocycles. The van der Waals surface area contributed by atoms with Crippen LogP contribution < -0.4 is 4.74 Å². The van der Waals surface area contributed by atoms with E-state index in [1.54, 1.807) is 26.5 Å². The molecule has 0 aliphatic rings. The smallest absolute Gasteiger partial charge is 0.150 e. The Bertz CT molecular complexity index is 225. The number of methoxy groups -OCH3 is 2. The highest BCUT2D eigenvalue weighted by Crippen LogP contribution is 2.13. The summed E-state index contributed by atoms with van der Waals surface area (Å²) in [7, 11) is 3.21. The Morgan fingerprint density at radius 2 is 2.36 bits per heavy atom. The van der Waals surface area contributed by atoms with E-state index in [1.807, 2.05) is 0 Å². The van der Waals surface area contributed by atoms with Crippen LogP contribution >= 0.6 is 0 Å². The van der Waals surface area contributed by atoms with Crippen molar-refractivity contribution in [3.8, 4) is 5.75 Å². The van der Waals surface area contributed by atoms with Crippen LogP contribution in [0.3, 0.4) is 0 Å². The van der Waals surface area contributed by atoms with Crippen LogP contribution in [0.5, 0.6) is 5.75 Å². The molecule has 0 atom stereocenters. The summed E-state index contributed by atoms with van der Waals surface area (Å²) in [5, 5.41) is 0. The van der Waals surface area contributed by atoms with Gasteiger partial charge in [-0.3, -0.25) is 4.98 Å². The summed E-state index contributed by atoms with van der Waals surface area (Å²) < 4.78 is 9.91. The fraction of sp³-hybridized carbons (Fsp3) is 0.375. The highest BCUT2D eigenvalue weighted by Gasteiger charge is 2.00. The quantitative estimate of drug-likeness (QED) is 0.648. The van der Waals surface area contributed by atoms with E-state index >= 15 is 0 Å². The van der Waals surface area contributed by atoms with E-state index in [2.05, 4.69) is 11.1 Å². The third kappa shape index (κ3) is 1.91. The first-order chi connectivity index (χ1) is 5.38. The summed E-state index contributed by atoms with van der Waals surface area (Å²) in [4.78, 5) is 4.06. The zero-order chi connectivity index (χ0) is 8.10. The molecule has 0 N–H and O–H groups in total.